The highest BCUT2D eigenvalue weighted by Crippen LogP contribution is 2.04. The lowest BCUT2D eigenvalue weighted by Crippen LogP contribution is -2.24. The zero-order chi connectivity index (χ0) is 12.2. The van der Waals surface area contributed by atoms with Crippen LogP contribution in [-0.4, -0.2) is 29.7 Å². The van der Waals surface area contributed by atoms with Crippen LogP contribution in [0.5, 0.6) is 0 Å². The lowest BCUT2D eigenvalue weighted by atomic mass is 10.2. The van der Waals surface area contributed by atoms with E-state index in [-0.39, 0.29) is 11.7 Å². The molecule has 0 fully saturated rings. The summed E-state index contributed by atoms with van der Waals surface area (Å²) >= 11 is 1.68. The molecule has 0 aliphatic carbocycles. The summed E-state index contributed by atoms with van der Waals surface area (Å²) < 4.78 is 0. The Morgan fingerprint density at radius 2 is 2.06 bits per heavy atom. The van der Waals surface area contributed by atoms with Crippen molar-refractivity contribution >= 4 is 23.5 Å². The second kappa shape index (κ2) is 10.6. The maximum atomic E-state index is 11.2. The Kier molecular flexibility index (Phi) is 9.94. The van der Waals surface area contributed by atoms with Crippen LogP contribution in [-0.2, 0) is 9.59 Å². The Bertz CT molecular complexity index is 258. The van der Waals surface area contributed by atoms with Gasteiger partial charge in [-0.15, -0.1) is 12.3 Å². The molecule has 90 valence electrons. The number of hydrogen-bond donors (Lipinski definition) is 1. The van der Waals surface area contributed by atoms with Crippen LogP contribution < -0.4 is 5.32 Å². The SMILES string of the molecule is C#CCCC(=O)CCSCCNC(=O)CC. The van der Waals surface area contributed by atoms with Gasteiger partial charge in [-0.2, -0.15) is 11.8 Å². The first-order chi connectivity index (χ1) is 7.70. The molecule has 0 radical (unpaired) electrons. The van der Waals surface area contributed by atoms with Crippen molar-refractivity contribution in [2.24, 2.45) is 0 Å². The van der Waals surface area contributed by atoms with Gasteiger partial charge in [-0.1, -0.05) is 6.92 Å². The molecule has 0 aliphatic rings. The van der Waals surface area contributed by atoms with E-state index in [1.807, 2.05) is 6.92 Å². The van der Waals surface area contributed by atoms with Crippen LogP contribution >= 0.6 is 11.8 Å². The smallest absolute Gasteiger partial charge is 0.219 e. The van der Waals surface area contributed by atoms with E-state index in [1.165, 1.54) is 0 Å². The van der Waals surface area contributed by atoms with Crippen molar-refractivity contribution in [1.82, 2.24) is 5.32 Å². The Hall–Kier alpha value is -0.950. The normalized spacial score (nSPS) is 9.50. The van der Waals surface area contributed by atoms with Gasteiger partial charge < -0.3 is 5.32 Å². The Balaban J connectivity index is 3.24. The van der Waals surface area contributed by atoms with Gasteiger partial charge in [0.25, 0.3) is 0 Å². The fraction of sp³-hybridized carbons (Fsp3) is 0.667. The highest BCUT2D eigenvalue weighted by Gasteiger charge is 2.00. The van der Waals surface area contributed by atoms with Gasteiger partial charge >= 0.3 is 0 Å². The number of rotatable bonds is 9. The van der Waals surface area contributed by atoms with E-state index in [9.17, 15) is 9.59 Å². The molecule has 0 saturated heterocycles. The third-order valence-electron chi connectivity index (χ3n) is 1.96. The minimum Gasteiger partial charge on any atom is -0.355 e. The molecule has 0 aromatic rings. The number of amides is 1. The van der Waals surface area contributed by atoms with E-state index in [4.69, 9.17) is 6.42 Å². The molecule has 0 spiro atoms. The minimum absolute atomic E-state index is 0.0747. The van der Waals surface area contributed by atoms with E-state index < -0.39 is 0 Å². The highest BCUT2D eigenvalue weighted by molar-refractivity contribution is 7.99. The molecule has 0 rings (SSSR count). The van der Waals surface area contributed by atoms with E-state index >= 15 is 0 Å². The Morgan fingerprint density at radius 3 is 2.69 bits per heavy atom. The highest BCUT2D eigenvalue weighted by atomic mass is 32.2. The van der Waals surface area contributed by atoms with Crippen LogP contribution in [0.2, 0.25) is 0 Å². The Labute approximate surface area is 102 Å². The molecule has 0 heterocycles. The second-order valence-electron chi connectivity index (χ2n) is 3.31. The summed E-state index contributed by atoms with van der Waals surface area (Å²) in [5.41, 5.74) is 0. The van der Waals surface area contributed by atoms with Crippen LogP contribution in [0.15, 0.2) is 0 Å². The quantitative estimate of drug-likeness (QED) is 0.493. The Morgan fingerprint density at radius 1 is 1.31 bits per heavy atom. The number of nitrogens with one attached hydrogen (secondary N) is 1. The molecule has 0 atom stereocenters. The van der Waals surface area contributed by atoms with Crippen molar-refractivity contribution in [3.05, 3.63) is 0 Å². The molecular formula is C12H19NO2S. The molecule has 4 heteroatoms. The lowest BCUT2D eigenvalue weighted by Gasteiger charge is -2.03. The summed E-state index contributed by atoms with van der Waals surface area (Å²) in [7, 11) is 0. The van der Waals surface area contributed by atoms with Crippen molar-refractivity contribution < 1.29 is 9.59 Å². The number of carbonyl (C=O) groups is 2. The summed E-state index contributed by atoms with van der Waals surface area (Å²) in [5, 5.41) is 2.78. The van der Waals surface area contributed by atoms with Crippen molar-refractivity contribution in [1.29, 1.82) is 0 Å². The van der Waals surface area contributed by atoms with E-state index in [2.05, 4.69) is 11.2 Å². The topological polar surface area (TPSA) is 46.2 Å². The first-order valence-electron chi connectivity index (χ1n) is 5.50. The first-order valence-corrected chi connectivity index (χ1v) is 6.65. The molecule has 16 heavy (non-hydrogen) atoms. The van der Waals surface area contributed by atoms with Crippen LogP contribution in [0, 0.1) is 12.3 Å². The summed E-state index contributed by atoms with van der Waals surface area (Å²) in [6.07, 6.45) is 7.19. The third kappa shape index (κ3) is 9.60. The molecule has 1 N–H and O–H groups in total. The number of thioether (sulfide) groups is 1. The monoisotopic (exact) mass is 241 g/mol. The van der Waals surface area contributed by atoms with Crippen molar-refractivity contribution in [3.8, 4) is 12.3 Å². The van der Waals surface area contributed by atoms with E-state index in [1.54, 1.807) is 11.8 Å². The van der Waals surface area contributed by atoms with Crippen LogP contribution in [0.4, 0.5) is 0 Å². The maximum absolute atomic E-state index is 11.2. The summed E-state index contributed by atoms with van der Waals surface area (Å²) in [6.45, 7) is 2.50. The molecule has 1 amide bonds. The molecule has 0 aromatic heterocycles. The van der Waals surface area contributed by atoms with E-state index in [0.717, 1.165) is 11.5 Å². The zero-order valence-electron chi connectivity index (χ0n) is 9.75. The maximum Gasteiger partial charge on any atom is 0.219 e. The van der Waals surface area contributed by atoms with Gasteiger partial charge in [0, 0.05) is 43.7 Å². The van der Waals surface area contributed by atoms with Crippen LogP contribution in [0.1, 0.15) is 32.6 Å². The second-order valence-corrected chi connectivity index (χ2v) is 4.53. The van der Waals surface area contributed by atoms with Crippen molar-refractivity contribution in [2.75, 3.05) is 18.1 Å². The largest absolute Gasteiger partial charge is 0.355 e. The number of terminal acetylenes is 1. The average molecular weight is 241 g/mol. The fourth-order valence-corrected chi connectivity index (χ4v) is 1.83. The first kappa shape index (κ1) is 15.0. The molecule has 3 nitrogen and oxygen atoms in total. The van der Waals surface area contributed by atoms with Crippen molar-refractivity contribution in [3.63, 3.8) is 0 Å². The van der Waals surface area contributed by atoms with Crippen molar-refractivity contribution in [2.45, 2.75) is 32.6 Å². The van der Waals surface area contributed by atoms with Gasteiger partial charge in [0.15, 0.2) is 0 Å². The lowest BCUT2D eigenvalue weighted by molar-refractivity contribution is -0.120. The number of carbonyl (C=O) groups excluding carboxylic acids is 2. The minimum atomic E-state index is 0.0747. The molecule has 0 aliphatic heterocycles. The predicted octanol–water partition coefficient (Wildman–Crippen LogP) is 1.62. The van der Waals surface area contributed by atoms with E-state index in [0.29, 0.717) is 32.2 Å². The summed E-state index contributed by atoms with van der Waals surface area (Å²) in [5.74, 6) is 4.42. The molecule has 0 bridgehead atoms. The third-order valence-corrected chi connectivity index (χ3v) is 2.95. The predicted molar refractivity (Wildman–Crippen MR) is 68.3 cm³/mol. The number of Topliss-reactive ketones (excluding diaryl/α,β-unsaturated/α-hetero) is 1. The van der Waals surface area contributed by atoms with Crippen LogP contribution in [0.25, 0.3) is 0 Å². The molecule has 0 aromatic carbocycles. The fourth-order valence-electron chi connectivity index (χ4n) is 1.01. The van der Waals surface area contributed by atoms with Gasteiger partial charge in [-0.3, -0.25) is 9.59 Å². The van der Waals surface area contributed by atoms with Gasteiger partial charge in [0.05, 0.1) is 0 Å². The molecular weight excluding hydrogens is 222 g/mol. The standard InChI is InChI=1S/C12H19NO2S/c1-3-5-6-11(14)7-9-16-10-8-13-12(15)4-2/h1H,4-10H2,2H3,(H,13,15). The van der Waals surface area contributed by atoms with Gasteiger partial charge in [-0.05, 0) is 0 Å². The van der Waals surface area contributed by atoms with Gasteiger partial charge in [0.1, 0.15) is 5.78 Å². The summed E-state index contributed by atoms with van der Waals surface area (Å²) in [4.78, 5) is 22.1. The zero-order valence-corrected chi connectivity index (χ0v) is 10.6. The summed E-state index contributed by atoms with van der Waals surface area (Å²) in [6, 6.07) is 0. The molecule has 0 unspecified atom stereocenters. The number of ketones is 1. The van der Waals surface area contributed by atoms with Gasteiger partial charge in [-0.25, -0.2) is 0 Å². The average Bonchev–Trinajstić information content (AvgIpc) is 2.30. The molecule has 0 saturated carbocycles. The van der Waals surface area contributed by atoms with Crippen LogP contribution in [0.3, 0.4) is 0 Å². The number of hydrogen-bond acceptors (Lipinski definition) is 3. The van der Waals surface area contributed by atoms with Gasteiger partial charge in [0.2, 0.25) is 5.91 Å².